The summed E-state index contributed by atoms with van der Waals surface area (Å²) < 4.78 is 12.0. The van der Waals surface area contributed by atoms with Crippen LogP contribution in [0.25, 0.3) is 0 Å². The first-order valence-electron chi connectivity index (χ1n) is 6.48. The van der Waals surface area contributed by atoms with Gasteiger partial charge in [0.1, 0.15) is 0 Å². The number of aromatic nitrogens is 1. The molecule has 1 fully saturated rings. The number of aryl methyl sites for hydroxylation is 1. The van der Waals surface area contributed by atoms with Crippen molar-refractivity contribution in [3.8, 4) is 0 Å². The van der Waals surface area contributed by atoms with Gasteiger partial charge < -0.3 is 9.31 Å². The predicted molar refractivity (Wildman–Crippen MR) is 74.7 cm³/mol. The van der Waals surface area contributed by atoms with Crippen molar-refractivity contribution in [2.75, 3.05) is 0 Å². The summed E-state index contributed by atoms with van der Waals surface area (Å²) in [5.74, 6) is -0.00443. The highest BCUT2D eigenvalue weighted by Crippen LogP contribution is 2.36. The van der Waals surface area contributed by atoms with E-state index in [1.54, 1.807) is 19.2 Å². The Labute approximate surface area is 114 Å². The molecule has 0 spiro atoms. The van der Waals surface area contributed by atoms with Gasteiger partial charge in [0.2, 0.25) is 0 Å². The van der Waals surface area contributed by atoms with Crippen LogP contribution in [0.2, 0.25) is 0 Å². The molecule has 102 valence electrons. The van der Waals surface area contributed by atoms with Crippen LogP contribution in [0.1, 0.15) is 50.7 Å². The van der Waals surface area contributed by atoms with Crippen molar-refractivity contribution in [2.24, 2.45) is 0 Å². The van der Waals surface area contributed by atoms with Crippen molar-refractivity contribution in [1.29, 1.82) is 0 Å². The van der Waals surface area contributed by atoms with E-state index in [0.717, 1.165) is 11.2 Å². The van der Waals surface area contributed by atoms with Gasteiger partial charge in [-0.15, -0.1) is 0 Å². The van der Waals surface area contributed by atoms with E-state index in [1.165, 1.54) is 0 Å². The molecule has 0 radical (unpaired) electrons. The summed E-state index contributed by atoms with van der Waals surface area (Å²) in [5.41, 5.74) is 1.29. The lowest BCUT2D eigenvalue weighted by Gasteiger charge is -2.32. The summed E-state index contributed by atoms with van der Waals surface area (Å²) in [7, 11) is -0.544. The molecule has 1 aliphatic rings. The molecule has 1 aliphatic heterocycles. The molecular formula is C14H20BNO3. The van der Waals surface area contributed by atoms with Gasteiger partial charge in [0.15, 0.2) is 5.78 Å². The van der Waals surface area contributed by atoms with Crippen LogP contribution in [0.3, 0.4) is 0 Å². The Bertz CT molecular complexity index is 509. The minimum Gasteiger partial charge on any atom is -0.399 e. The Kier molecular flexibility index (Phi) is 3.31. The first-order valence-corrected chi connectivity index (χ1v) is 6.48. The summed E-state index contributed by atoms with van der Waals surface area (Å²) in [6.07, 6.45) is 1.64. The molecule has 0 atom stereocenters. The highest BCUT2D eigenvalue weighted by atomic mass is 16.7. The maximum absolute atomic E-state index is 11.8. The van der Waals surface area contributed by atoms with Crippen LogP contribution >= 0.6 is 0 Å². The number of hydrogen-bond acceptors (Lipinski definition) is 4. The quantitative estimate of drug-likeness (QED) is 0.602. The van der Waals surface area contributed by atoms with Crippen LogP contribution in [-0.4, -0.2) is 29.1 Å². The maximum Gasteiger partial charge on any atom is 0.497 e. The van der Waals surface area contributed by atoms with E-state index in [4.69, 9.17) is 9.31 Å². The second kappa shape index (κ2) is 4.42. The molecule has 0 aliphatic carbocycles. The third kappa shape index (κ3) is 2.32. The molecular weight excluding hydrogens is 241 g/mol. The van der Waals surface area contributed by atoms with Gasteiger partial charge >= 0.3 is 7.12 Å². The number of carbonyl (C=O) groups is 1. The van der Waals surface area contributed by atoms with Crippen LogP contribution in [-0.2, 0) is 9.31 Å². The van der Waals surface area contributed by atoms with Crippen LogP contribution in [0, 0.1) is 6.92 Å². The SMILES string of the molecule is CC(=O)c1ccnc(C)c1B1OC(C)(C)C(C)(C)O1. The summed E-state index contributed by atoms with van der Waals surface area (Å²) >= 11 is 0. The molecule has 0 saturated carbocycles. The Morgan fingerprint density at radius 1 is 1.21 bits per heavy atom. The lowest BCUT2D eigenvalue weighted by atomic mass is 9.74. The van der Waals surface area contributed by atoms with Crippen molar-refractivity contribution in [3.05, 3.63) is 23.5 Å². The molecule has 1 aromatic rings. The standard InChI is InChI=1S/C14H20BNO3/c1-9-12(11(10(2)17)7-8-16-9)15-18-13(3,4)14(5,6)19-15/h7-8H,1-6H3. The van der Waals surface area contributed by atoms with E-state index in [2.05, 4.69) is 4.98 Å². The number of pyridine rings is 1. The fraction of sp³-hybridized carbons (Fsp3) is 0.571. The largest absolute Gasteiger partial charge is 0.497 e. The van der Waals surface area contributed by atoms with Crippen LogP contribution in [0.4, 0.5) is 0 Å². The Balaban J connectivity index is 2.48. The monoisotopic (exact) mass is 261 g/mol. The van der Waals surface area contributed by atoms with Gasteiger partial charge in [-0.05, 0) is 47.6 Å². The molecule has 2 heterocycles. The van der Waals surface area contributed by atoms with E-state index in [9.17, 15) is 4.79 Å². The highest BCUT2D eigenvalue weighted by molar-refractivity contribution is 6.64. The topological polar surface area (TPSA) is 48.4 Å². The van der Waals surface area contributed by atoms with E-state index in [1.807, 2.05) is 34.6 Å². The molecule has 0 unspecified atom stereocenters. The number of nitrogens with zero attached hydrogens (tertiary/aromatic N) is 1. The number of rotatable bonds is 2. The summed E-state index contributed by atoms with van der Waals surface area (Å²) in [6.45, 7) is 11.4. The zero-order valence-corrected chi connectivity index (χ0v) is 12.4. The first kappa shape index (κ1) is 14.2. The number of carbonyl (C=O) groups excluding carboxylic acids is 1. The van der Waals surface area contributed by atoms with Gasteiger partial charge in [0.05, 0.1) is 11.2 Å². The average molecular weight is 261 g/mol. The smallest absolute Gasteiger partial charge is 0.399 e. The van der Waals surface area contributed by atoms with Crippen LogP contribution < -0.4 is 5.46 Å². The van der Waals surface area contributed by atoms with Gasteiger partial charge in [-0.25, -0.2) is 0 Å². The van der Waals surface area contributed by atoms with Crippen molar-refractivity contribution >= 4 is 18.4 Å². The van der Waals surface area contributed by atoms with Crippen LogP contribution in [0.5, 0.6) is 0 Å². The molecule has 0 amide bonds. The van der Waals surface area contributed by atoms with Gasteiger partial charge in [-0.1, -0.05) is 0 Å². The fourth-order valence-corrected chi connectivity index (χ4v) is 2.14. The Morgan fingerprint density at radius 3 is 2.21 bits per heavy atom. The zero-order chi connectivity index (χ0) is 14.4. The predicted octanol–water partition coefficient (Wildman–Crippen LogP) is 1.89. The molecule has 0 bridgehead atoms. The van der Waals surface area contributed by atoms with E-state index < -0.39 is 18.3 Å². The van der Waals surface area contributed by atoms with Gasteiger partial charge in [-0.3, -0.25) is 9.78 Å². The van der Waals surface area contributed by atoms with Crippen molar-refractivity contribution < 1.29 is 14.1 Å². The second-order valence-corrected chi connectivity index (χ2v) is 6.00. The molecule has 0 N–H and O–H groups in total. The number of Topliss-reactive ketones (excluding diaryl/α,β-unsaturated/α-hetero) is 1. The van der Waals surface area contributed by atoms with Crippen molar-refractivity contribution in [1.82, 2.24) is 4.98 Å². The number of hydrogen-bond donors (Lipinski definition) is 0. The minimum atomic E-state index is -0.544. The van der Waals surface area contributed by atoms with E-state index in [0.29, 0.717) is 5.56 Å². The number of ketones is 1. The zero-order valence-electron chi connectivity index (χ0n) is 12.4. The Morgan fingerprint density at radius 2 is 1.74 bits per heavy atom. The van der Waals surface area contributed by atoms with Gasteiger partial charge in [0, 0.05) is 22.9 Å². The van der Waals surface area contributed by atoms with Gasteiger partial charge in [-0.2, -0.15) is 0 Å². The third-order valence-electron chi connectivity index (χ3n) is 4.06. The Hall–Kier alpha value is -1.20. The second-order valence-electron chi connectivity index (χ2n) is 6.00. The summed E-state index contributed by atoms with van der Waals surface area (Å²) in [5, 5.41) is 0. The maximum atomic E-state index is 11.8. The molecule has 2 rings (SSSR count). The normalized spacial score (nSPS) is 20.6. The van der Waals surface area contributed by atoms with E-state index in [-0.39, 0.29) is 5.78 Å². The van der Waals surface area contributed by atoms with Crippen molar-refractivity contribution in [3.63, 3.8) is 0 Å². The van der Waals surface area contributed by atoms with Crippen LogP contribution in [0.15, 0.2) is 12.3 Å². The molecule has 1 aromatic heterocycles. The fourth-order valence-electron chi connectivity index (χ4n) is 2.14. The third-order valence-corrected chi connectivity index (χ3v) is 4.06. The summed E-state index contributed by atoms with van der Waals surface area (Å²) in [4.78, 5) is 16.0. The average Bonchev–Trinajstić information content (AvgIpc) is 2.47. The lowest BCUT2D eigenvalue weighted by molar-refractivity contribution is 0.00578. The lowest BCUT2D eigenvalue weighted by Crippen LogP contribution is -2.41. The highest BCUT2D eigenvalue weighted by Gasteiger charge is 2.52. The summed E-state index contributed by atoms with van der Waals surface area (Å²) in [6, 6.07) is 1.72. The molecule has 1 saturated heterocycles. The molecule has 5 heteroatoms. The molecule has 19 heavy (non-hydrogen) atoms. The minimum absolute atomic E-state index is 0.00443. The molecule has 0 aromatic carbocycles. The molecule has 4 nitrogen and oxygen atoms in total. The van der Waals surface area contributed by atoms with Gasteiger partial charge in [0.25, 0.3) is 0 Å². The first-order chi connectivity index (χ1) is 8.66. The van der Waals surface area contributed by atoms with Crippen molar-refractivity contribution in [2.45, 2.75) is 52.7 Å². The van der Waals surface area contributed by atoms with E-state index >= 15 is 0 Å².